The first-order valence-electron chi connectivity index (χ1n) is 8.62. The van der Waals surface area contributed by atoms with Crippen LogP contribution in [-0.4, -0.2) is 23.6 Å². The summed E-state index contributed by atoms with van der Waals surface area (Å²) in [5.74, 6) is -1.54. The van der Waals surface area contributed by atoms with Crippen LogP contribution in [0.25, 0.3) is 0 Å². The molecule has 32 heavy (non-hydrogen) atoms. The number of nitrogens with zero attached hydrogens (tertiary/aromatic N) is 2. The fourth-order valence-corrected chi connectivity index (χ4v) is 2.95. The van der Waals surface area contributed by atoms with Crippen LogP contribution in [0.2, 0.25) is 0 Å². The van der Waals surface area contributed by atoms with Gasteiger partial charge < -0.3 is 10.1 Å². The summed E-state index contributed by atoms with van der Waals surface area (Å²) in [4.78, 5) is 12.1. The SMILES string of the molecule is CC(C#N)(CNC(=O)c1ccc(SC(F)(F)F)cc1)Oc1cc(C#N)ccc1C(F)(F)F. The Morgan fingerprint density at radius 3 is 2.19 bits per heavy atom. The van der Waals surface area contributed by atoms with Crippen LogP contribution in [0, 0.1) is 22.7 Å². The van der Waals surface area contributed by atoms with E-state index in [1.807, 2.05) is 0 Å². The minimum atomic E-state index is -4.82. The van der Waals surface area contributed by atoms with Crippen LogP contribution in [0.5, 0.6) is 5.75 Å². The minimum Gasteiger partial charge on any atom is -0.470 e. The normalized spacial score (nSPS) is 13.4. The zero-order valence-electron chi connectivity index (χ0n) is 16.1. The molecule has 0 radical (unpaired) electrons. The zero-order valence-corrected chi connectivity index (χ0v) is 17.0. The highest BCUT2D eigenvalue weighted by Crippen LogP contribution is 2.38. The van der Waals surface area contributed by atoms with Gasteiger partial charge in [-0.3, -0.25) is 4.79 Å². The van der Waals surface area contributed by atoms with Crippen LogP contribution in [0.1, 0.15) is 28.4 Å². The summed E-state index contributed by atoms with van der Waals surface area (Å²) in [7, 11) is 0. The molecule has 2 aromatic carbocycles. The average Bonchev–Trinajstić information content (AvgIpc) is 2.70. The van der Waals surface area contributed by atoms with Crippen molar-refractivity contribution >= 4 is 17.7 Å². The Morgan fingerprint density at radius 2 is 1.69 bits per heavy atom. The van der Waals surface area contributed by atoms with Crippen LogP contribution in [0.3, 0.4) is 0 Å². The first kappa shape index (κ1) is 24.9. The largest absolute Gasteiger partial charge is 0.470 e. The number of halogens is 6. The number of hydrogen-bond donors (Lipinski definition) is 1. The summed E-state index contributed by atoms with van der Waals surface area (Å²) in [5, 5.41) is 20.6. The molecular formula is C20H13F6N3O2S. The Labute approximate surface area is 182 Å². The van der Waals surface area contributed by atoms with E-state index in [1.54, 1.807) is 12.1 Å². The molecule has 1 N–H and O–H groups in total. The molecule has 0 saturated heterocycles. The number of hydrogen-bond acceptors (Lipinski definition) is 5. The summed E-state index contributed by atoms with van der Waals surface area (Å²) in [6, 6.07) is 10.2. The third-order valence-electron chi connectivity index (χ3n) is 3.92. The van der Waals surface area contributed by atoms with Crippen molar-refractivity contribution < 1.29 is 35.9 Å². The fourth-order valence-electron chi connectivity index (χ4n) is 2.41. The molecule has 2 rings (SSSR count). The van der Waals surface area contributed by atoms with Gasteiger partial charge in [-0.15, -0.1) is 0 Å². The van der Waals surface area contributed by atoms with Gasteiger partial charge in [0.15, 0.2) is 0 Å². The van der Waals surface area contributed by atoms with Crippen LogP contribution in [0.15, 0.2) is 47.4 Å². The van der Waals surface area contributed by atoms with E-state index in [9.17, 15) is 36.4 Å². The first-order chi connectivity index (χ1) is 14.8. The van der Waals surface area contributed by atoms with Gasteiger partial charge in [-0.05, 0) is 61.2 Å². The molecule has 0 aromatic heterocycles. The number of thioether (sulfide) groups is 1. The highest BCUT2D eigenvalue weighted by Gasteiger charge is 2.37. The van der Waals surface area contributed by atoms with Crippen LogP contribution in [0.4, 0.5) is 26.3 Å². The lowest BCUT2D eigenvalue weighted by molar-refractivity contribution is -0.139. The number of nitrogens with one attached hydrogen (secondary N) is 1. The molecule has 1 unspecified atom stereocenters. The Hall–Kier alpha value is -3.38. The van der Waals surface area contributed by atoms with Crippen molar-refractivity contribution in [1.29, 1.82) is 10.5 Å². The predicted octanol–water partition coefficient (Wildman–Crippen LogP) is 5.28. The maximum absolute atomic E-state index is 13.2. The summed E-state index contributed by atoms with van der Waals surface area (Å²) in [5.41, 5.74) is -7.81. The predicted molar refractivity (Wildman–Crippen MR) is 101 cm³/mol. The standard InChI is InChI=1S/C20H13F6N3O2S/c1-18(10-28,31-16-8-12(9-27)2-7-15(16)19(21,22)23)11-29-17(30)13-3-5-14(6-4-13)32-20(24,25)26/h2-8H,11H2,1H3,(H,29,30). The molecule has 1 atom stereocenters. The molecule has 5 nitrogen and oxygen atoms in total. The summed E-state index contributed by atoms with van der Waals surface area (Å²) in [6.07, 6.45) is -4.82. The van der Waals surface area contributed by atoms with E-state index < -0.39 is 41.1 Å². The Morgan fingerprint density at radius 1 is 1.06 bits per heavy atom. The van der Waals surface area contributed by atoms with E-state index in [2.05, 4.69) is 5.32 Å². The van der Waals surface area contributed by atoms with Crippen LogP contribution in [-0.2, 0) is 6.18 Å². The van der Waals surface area contributed by atoms with E-state index in [0.29, 0.717) is 6.07 Å². The molecule has 2 aromatic rings. The van der Waals surface area contributed by atoms with Crippen molar-refractivity contribution in [3.05, 3.63) is 59.2 Å². The summed E-state index contributed by atoms with van der Waals surface area (Å²) in [6.45, 7) is 0.588. The van der Waals surface area contributed by atoms with E-state index in [-0.39, 0.29) is 27.8 Å². The van der Waals surface area contributed by atoms with Crippen molar-refractivity contribution in [2.75, 3.05) is 6.54 Å². The van der Waals surface area contributed by atoms with Crippen molar-refractivity contribution in [2.24, 2.45) is 0 Å². The number of alkyl halides is 6. The van der Waals surface area contributed by atoms with Crippen molar-refractivity contribution in [3.8, 4) is 17.9 Å². The van der Waals surface area contributed by atoms with Gasteiger partial charge >= 0.3 is 11.7 Å². The first-order valence-corrected chi connectivity index (χ1v) is 9.43. The van der Waals surface area contributed by atoms with Gasteiger partial charge in [-0.1, -0.05) is 0 Å². The number of rotatable bonds is 6. The second-order valence-corrected chi connectivity index (χ2v) is 7.66. The number of amides is 1. The van der Waals surface area contributed by atoms with E-state index >= 15 is 0 Å². The third-order valence-corrected chi connectivity index (χ3v) is 4.66. The number of carbonyl (C=O) groups excluding carboxylic acids is 1. The molecule has 0 aliphatic heterocycles. The highest BCUT2D eigenvalue weighted by atomic mass is 32.2. The topological polar surface area (TPSA) is 85.9 Å². The quantitative estimate of drug-likeness (QED) is 0.456. The van der Waals surface area contributed by atoms with Gasteiger partial charge in [0.25, 0.3) is 5.91 Å². The van der Waals surface area contributed by atoms with Gasteiger partial charge in [0.2, 0.25) is 5.60 Å². The van der Waals surface area contributed by atoms with Gasteiger partial charge in [0.05, 0.1) is 23.7 Å². The fraction of sp³-hybridized carbons (Fsp3) is 0.250. The maximum Gasteiger partial charge on any atom is 0.446 e. The molecule has 12 heteroatoms. The molecule has 1 amide bonds. The zero-order chi connectivity index (χ0) is 24.2. The second-order valence-electron chi connectivity index (χ2n) is 6.52. The summed E-state index contributed by atoms with van der Waals surface area (Å²) >= 11 is -0.360. The molecule has 0 heterocycles. The molecule has 0 saturated carbocycles. The molecule has 0 spiro atoms. The Kier molecular flexibility index (Phi) is 7.31. The van der Waals surface area contributed by atoms with Crippen LogP contribution < -0.4 is 10.1 Å². The molecule has 0 aliphatic carbocycles. The Balaban J connectivity index is 2.16. The molecule has 168 valence electrons. The number of carbonyl (C=O) groups is 1. The van der Waals surface area contributed by atoms with Crippen molar-refractivity contribution in [2.45, 2.75) is 29.1 Å². The van der Waals surface area contributed by atoms with E-state index in [4.69, 9.17) is 10.00 Å². The van der Waals surface area contributed by atoms with Gasteiger partial charge in [-0.25, -0.2) is 0 Å². The second kappa shape index (κ2) is 9.40. The smallest absolute Gasteiger partial charge is 0.446 e. The van der Waals surface area contributed by atoms with Gasteiger partial charge in [0.1, 0.15) is 11.8 Å². The number of ether oxygens (including phenoxy) is 1. The average molecular weight is 473 g/mol. The van der Waals surface area contributed by atoms with Gasteiger partial charge in [0, 0.05) is 10.5 Å². The van der Waals surface area contributed by atoms with Gasteiger partial charge in [-0.2, -0.15) is 36.9 Å². The minimum absolute atomic E-state index is 0.0285. The molecule has 0 fully saturated rings. The molecule has 0 bridgehead atoms. The lowest BCUT2D eigenvalue weighted by Gasteiger charge is -2.26. The monoisotopic (exact) mass is 473 g/mol. The Bertz CT molecular complexity index is 1070. The third kappa shape index (κ3) is 6.82. The lowest BCUT2D eigenvalue weighted by atomic mass is 10.1. The van der Waals surface area contributed by atoms with E-state index in [1.165, 1.54) is 0 Å². The van der Waals surface area contributed by atoms with Crippen molar-refractivity contribution in [3.63, 3.8) is 0 Å². The van der Waals surface area contributed by atoms with E-state index in [0.717, 1.165) is 43.3 Å². The number of nitriles is 2. The summed E-state index contributed by atoms with van der Waals surface area (Å²) < 4.78 is 82.1. The van der Waals surface area contributed by atoms with Crippen molar-refractivity contribution in [1.82, 2.24) is 5.32 Å². The number of benzene rings is 2. The molecule has 0 aliphatic rings. The van der Waals surface area contributed by atoms with Crippen LogP contribution >= 0.6 is 11.8 Å². The maximum atomic E-state index is 13.2. The molecular weight excluding hydrogens is 460 g/mol. The highest BCUT2D eigenvalue weighted by molar-refractivity contribution is 8.00. The lowest BCUT2D eigenvalue weighted by Crippen LogP contribution is -2.44.